The van der Waals surface area contributed by atoms with Gasteiger partial charge in [0.2, 0.25) is 0 Å². The Morgan fingerprint density at radius 1 is 1.35 bits per heavy atom. The molecule has 3 fully saturated rings. The second-order valence-electron chi connectivity index (χ2n) is 7.78. The number of rotatable bonds is 5. The van der Waals surface area contributed by atoms with Gasteiger partial charge in [0.05, 0.1) is 6.54 Å². The number of ether oxygens (including phenoxy) is 1. The van der Waals surface area contributed by atoms with Crippen molar-refractivity contribution in [2.24, 2.45) is 11.3 Å². The molecule has 1 spiro atoms. The van der Waals surface area contributed by atoms with Crippen LogP contribution in [0.1, 0.15) is 37.1 Å². The SMILES string of the molecule is CN(Cc1nccs1)C1CC12CCN(CC1CCOCC1)CC2. The van der Waals surface area contributed by atoms with Crippen molar-refractivity contribution in [3.05, 3.63) is 16.6 Å². The lowest BCUT2D eigenvalue weighted by molar-refractivity contribution is 0.0439. The molecule has 4 rings (SSSR count). The highest BCUT2D eigenvalue weighted by atomic mass is 32.1. The molecule has 1 aliphatic carbocycles. The van der Waals surface area contributed by atoms with E-state index in [0.29, 0.717) is 5.41 Å². The van der Waals surface area contributed by atoms with Crippen LogP contribution in [0.2, 0.25) is 0 Å². The van der Waals surface area contributed by atoms with Gasteiger partial charge in [0.15, 0.2) is 0 Å². The Hall–Kier alpha value is -0.490. The van der Waals surface area contributed by atoms with Gasteiger partial charge < -0.3 is 9.64 Å². The van der Waals surface area contributed by atoms with Gasteiger partial charge in [-0.05, 0) is 63.6 Å². The molecular weight excluding hydrogens is 306 g/mol. The third kappa shape index (κ3) is 3.63. The molecule has 0 bridgehead atoms. The molecule has 128 valence electrons. The zero-order valence-corrected chi connectivity index (χ0v) is 15.1. The predicted octanol–water partition coefficient (Wildman–Crippen LogP) is 2.86. The van der Waals surface area contributed by atoms with Crippen molar-refractivity contribution in [1.29, 1.82) is 0 Å². The third-order valence-electron chi connectivity index (χ3n) is 6.26. The Morgan fingerprint density at radius 2 is 2.13 bits per heavy atom. The molecule has 23 heavy (non-hydrogen) atoms. The van der Waals surface area contributed by atoms with Gasteiger partial charge in [0.1, 0.15) is 5.01 Å². The first-order valence-corrected chi connectivity index (χ1v) is 10.0. The van der Waals surface area contributed by atoms with Crippen LogP contribution in [0.25, 0.3) is 0 Å². The summed E-state index contributed by atoms with van der Waals surface area (Å²) < 4.78 is 5.49. The van der Waals surface area contributed by atoms with Crippen LogP contribution < -0.4 is 0 Å². The number of nitrogens with zero attached hydrogens (tertiary/aromatic N) is 3. The fraction of sp³-hybridized carbons (Fsp3) is 0.833. The maximum Gasteiger partial charge on any atom is 0.107 e. The van der Waals surface area contributed by atoms with Gasteiger partial charge in [-0.15, -0.1) is 11.3 Å². The van der Waals surface area contributed by atoms with E-state index < -0.39 is 0 Å². The average molecular weight is 336 g/mol. The normalized spacial score (nSPS) is 28.5. The number of aromatic nitrogens is 1. The van der Waals surface area contributed by atoms with E-state index in [1.807, 2.05) is 6.20 Å². The Balaban J connectivity index is 1.23. The van der Waals surface area contributed by atoms with Crippen LogP contribution in [0, 0.1) is 11.3 Å². The van der Waals surface area contributed by atoms with E-state index in [0.717, 1.165) is 31.7 Å². The van der Waals surface area contributed by atoms with Crippen LogP contribution >= 0.6 is 11.3 Å². The largest absolute Gasteiger partial charge is 0.381 e. The minimum atomic E-state index is 0.623. The summed E-state index contributed by atoms with van der Waals surface area (Å²) in [5.74, 6) is 0.875. The van der Waals surface area contributed by atoms with Crippen LogP contribution in [0.3, 0.4) is 0 Å². The second kappa shape index (κ2) is 6.79. The molecule has 0 amide bonds. The molecule has 3 heterocycles. The molecule has 0 N–H and O–H groups in total. The summed E-state index contributed by atoms with van der Waals surface area (Å²) in [4.78, 5) is 9.70. The Bertz CT molecular complexity index is 492. The van der Waals surface area contributed by atoms with Crippen LogP contribution in [0.15, 0.2) is 11.6 Å². The Labute approximate surface area is 143 Å². The molecule has 4 nitrogen and oxygen atoms in total. The van der Waals surface area contributed by atoms with Gasteiger partial charge in [-0.3, -0.25) is 4.90 Å². The maximum atomic E-state index is 5.49. The van der Waals surface area contributed by atoms with E-state index in [1.54, 1.807) is 11.3 Å². The monoisotopic (exact) mass is 335 g/mol. The quantitative estimate of drug-likeness (QED) is 0.827. The molecular formula is C18H29N3OS. The maximum absolute atomic E-state index is 5.49. The standard InChI is InChI=1S/C18H29N3OS/c1-20(14-17-19-6-11-23-17)16-12-18(16)4-7-21(8-5-18)13-15-2-9-22-10-3-15/h6,11,15-16H,2-5,7-10,12-14H2,1H3. The van der Waals surface area contributed by atoms with Crippen molar-refractivity contribution >= 4 is 11.3 Å². The Kier molecular flexibility index (Phi) is 4.72. The van der Waals surface area contributed by atoms with E-state index in [9.17, 15) is 0 Å². The van der Waals surface area contributed by atoms with E-state index >= 15 is 0 Å². The molecule has 1 atom stereocenters. The summed E-state index contributed by atoms with van der Waals surface area (Å²) in [6.07, 6.45) is 8.64. The number of hydrogen-bond donors (Lipinski definition) is 0. The molecule has 2 aliphatic heterocycles. The minimum absolute atomic E-state index is 0.623. The highest BCUT2D eigenvalue weighted by Gasteiger charge is 2.56. The average Bonchev–Trinajstić information content (AvgIpc) is 3.02. The fourth-order valence-corrected chi connectivity index (χ4v) is 5.30. The summed E-state index contributed by atoms with van der Waals surface area (Å²) in [6, 6.07) is 0.789. The number of hydrogen-bond acceptors (Lipinski definition) is 5. The zero-order valence-electron chi connectivity index (χ0n) is 14.2. The van der Waals surface area contributed by atoms with Crippen molar-refractivity contribution in [1.82, 2.24) is 14.8 Å². The third-order valence-corrected chi connectivity index (χ3v) is 7.02. The highest BCUT2D eigenvalue weighted by Crippen LogP contribution is 2.56. The molecule has 0 radical (unpaired) electrons. The zero-order chi connectivity index (χ0) is 15.7. The lowest BCUT2D eigenvalue weighted by Gasteiger charge is -2.36. The number of likely N-dealkylation sites (tertiary alicyclic amines) is 1. The van der Waals surface area contributed by atoms with Gasteiger partial charge in [-0.2, -0.15) is 0 Å². The van der Waals surface area contributed by atoms with E-state index in [-0.39, 0.29) is 0 Å². The van der Waals surface area contributed by atoms with E-state index in [2.05, 4.69) is 27.2 Å². The summed E-state index contributed by atoms with van der Waals surface area (Å²) >= 11 is 1.78. The molecule has 5 heteroatoms. The van der Waals surface area contributed by atoms with Crippen molar-refractivity contribution in [3.63, 3.8) is 0 Å². The fourth-order valence-electron chi connectivity index (χ4n) is 4.62. The van der Waals surface area contributed by atoms with Crippen LogP contribution in [0.4, 0.5) is 0 Å². The van der Waals surface area contributed by atoms with Crippen LogP contribution in [-0.4, -0.2) is 60.7 Å². The summed E-state index contributed by atoms with van der Waals surface area (Å²) in [6.45, 7) is 6.89. The van der Waals surface area contributed by atoms with Gasteiger partial charge in [0, 0.05) is 37.4 Å². The molecule has 1 saturated carbocycles. The molecule has 1 unspecified atom stereocenters. The first kappa shape index (κ1) is 16.0. The van der Waals surface area contributed by atoms with Crippen LogP contribution in [0.5, 0.6) is 0 Å². The van der Waals surface area contributed by atoms with Gasteiger partial charge in [0.25, 0.3) is 0 Å². The molecule has 0 aromatic carbocycles. The topological polar surface area (TPSA) is 28.6 Å². The van der Waals surface area contributed by atoms with Crippen molar-refractivity contribution in [2.45, 2.75) is 44.7 Å². The Morgan fingerprint density at radius 3 is 2.83 bits per heavy atom. The predicted molar refractivity (Wildman–Crippen MR) is 93.6 cm³/mol. The van der Waals surface area contributed by atoms with Gasteiger partial charge in [-0.1, -0.05) is 0 Å². The minimum Gasteiger partial charge on any atom is -0.381 e. The lowest BCUT2D eigenvalue weighted by Crippen LogP contribution is -2.41. The number of piperidine rings is 1. The van der Waals surface area contributed by atoms with E-state index in [1.165, 1.54) is 56.7 Å². The molecule has 1 aromatic rings. The van der Waals surface area contributed by atoms with Crippen LogP contribution in [-0.2, 0) is 11.3 Å². The van der Waals surface area contributed by atoms with Crippen molar-refractivity contribution in [3.8, 4) is 0 Å². The first-order chi connectivity index (χ1) is 11.3. The summed E-state index contributed by atoms with van der Waals surface area (Å²) in [5, 5.41) is 3.34. The smallest absolute Gasteiger partial charge is 0.107 e. The second-order valence-corrected chi connectivity index (χ2v) is 8.76. The highest BCUT2D eigenvalue weighted by molar-refractivity contribution is 7.09. The van der Waals surface area contributed by atoms with Crippen molar-refractivity contribution < 1.29 is 4.74 Å². The molecule has 1 aromatic heterocycles. The first-order valence-electron chi connectivity index (χ1n) is 9.14. The lowest BCUT2D eigenvalue weighted by atomic mass is 9.91. The van der Waals surface area contributed by atoms with Gasteiger partial charge in [-0.25, -0.2) is 4.98 Å². The van der Waals surface area contributed by atoms with Crippen molar-refractivity contribution in [2.75, 3.05) is 39.9 Å². The summed E-state index contributed by atoms with van der Waals surface area (Å²) in [5.41, 5.74) is 0.623. The summed E-state index contributed by atoms with van der Waals surface area (Å²) in [7, 11) is 2.29. The number of thiazole rings is 1. The van der Waals surface area contributed by atoms with Gasteiger partial charge >= 0.3 is 0 Å². The molecule has 3 aliphatic rings. The van der Waals surface area contributed by atoms with E-state index in [4.69, 9.17) is 4.74 Å². The molecule has 2 saturated heterocycles.